The molecule has 0 aromatic heterocycles. The fraction of sp³-hybridized carbons (Fsp3) is 0.429. The number of aryl methyl sites for hydroxylation is 1. The molecular weight excluding hydrogens is 268 g/mol. The average molecular weight is 285 g/mol. The van der Waals surface area contributed by atoms with Crippen LogP contribution in [0.25, 0.3) is 0 Å². The van der Waals surface area contributed by atoms with Crippen LogP contribution in [-0.4, -0.2) is 25.0 Å². The normalized spacial score (nSPS) is 11.8. The van der Waals surface area contributed by atoms with Gasteiger partial charge in [-0.05, 0) is 25.0 Å². The summed E-state index contributed by atoms with van der Waals surface area (Å²) in [6.07, 6.45) is 0.183. The molecule has 0 saturated heterocycles. The molecule has 0 saturated carbocycles. The first-order chi connectivity index (χ1) is 9.43. The first-order valence-electron chi connectivity index (χ1n) is 6.23. The van der Waals surface area contributed by atoms with Gasteiger partial charge in [-0.25, -0.2) is 8.78 Å². The SMILES string of the molecule is COC(=O)C[C@H](C)NC(=O)CCc1cccc(F)c1F. The predicted octanol–water partition coefficient (Wildman–Crippen LogP) is 1.97. The van der Waals surface area contributed by atoms with Crippen molar-refractivity contribution in [2.24, 2.45) is 0 Å². The molecule has 0 bridgehead atoms. The van der Waals surface area contributed by atoms with E-state index < -0.39 is 17.6 Å². The van der Waals surface area contributed by atoms with Gasteiger partial charge < -0.3 is 10.1 Å². The number of hydrogen-bond acceptors (Lipinski definition) is 3. The third-order valence-corrected chi connectivity index (χ3v) is 2.76. The van der Waals surface area contributed by atoms with Gasteiger partial charge >= 0.3 is 5.97 Å². The maximum Gasteiger partial charge on any atom is 0.307 e. The van der Waals surface area contributed by atoms with Crippen LogP contribution in [0.2, 0.25) is 0 Å². The highest BCUT2D eigenvalue weighted by Gasteiger charge is 2.13. The number of methoxy groups -OCH3 is 1. The average Bonchev–Trinajstić information content (AvgIpc) is 2.40. The molecular formula is C14H17F2NO3. The number of esters is 1. The smallest absolute Gasteiger partial charge is 0.307 e. The fourth-order valence-electron chi connectivity index (χ4n) is 1.72. The molecule has 0 aliphatic rings. The van der Waals surface area contributed by atoms with Crippen LogP contribution in [0, 0.1) is 11.6 Å². The first-order valence-corrected chi connectivity index (χ1v) is 6.23. The minimum atomic E-state index is -0.929. The molecule has 4 nitrogen and oxygen atoms in total. The zero-order valence-electron chi connectivity index (χ0n) is 11.4. The molecule has 0 unspecified atom stereocenters. The first kappa shape index (κ1) is 16.1. The summed E-state index contributed by atoms with van der Waals surface area (Å²) in [5, 5.41) is 2.59. The Kier molecular flexibility index (Phi) is 6.09. The Morgan fingerprint density at radius 2 is 2.05 bits per heavy atom. The molecule has 110 valence electrons. The molecule has 1 atom stereocenters. The Balaban J connectivity index is 2.43. The van der Waals surface area contributed by atoms with E-state index in [0.717, 1.165) is 6.07 Å². The monoisotopic (exact) mass is 285 g/mol. The highest BCUT2D eigenvalue weighted by atomic mass is 19.2. The van der Waals surface area contributed by atoms with Crippen LogP contribution in [-0.2, 0) is 20.7 Å². The Labute approximate surface area is 116 Å². The second-order valence-corrected chi connectivity index (χ2v) is 4.46. The van der Waals surface area contributed by atoms with Crippen LogP contribution in [0.4, 0.5) is 8.78 Å². The number of ether oxygens (including phenoxy) is 1. The molecule has 1 aromatic rings. The highest BCUT2D eigenvalue weighted by molar-refractivity contribution is 5.77. The quantitative estimate of drug-likeness (QED) is 0.813. The number of benzene rings is 1. The maximum atomic E-state index is 13.4. The summed E-state index contributed by atoms with van der Waals surface area (Å²) in [4.78, 5) is 22.6. The van der Waals surface area contributed by atoms with E-state index in [1.807, 2.05) is 0 Å². The standard InChI is InChI=1S/C14H17F2NO3/c1-9(8-13(19)20-2)17-12(18)7-6-10-4-3-5-11(15)14(10)16/h3-5,9H,6-8H2,1-2H3,(H,17,18)/t9-/m0/s1. The van der Waals surface area contributed by atoms with Crippen molar-refractivity contribution >= 4 is 11.9 Å². The number of amides is 1. The highest BCUT2D eigenvalue weighted by Crippen LogP contribution is 2.13. The maximum absolute atomic E-state index is 13.4. The summed E-state index contributed by atoms with van der Waals surface area (Å²) in [6.45, 7) is 1.66. The van der Waals surface area contributed by atoms with Gasteiger partial charge in [0.05, 0.1) is 13.5 Å². The van der Waals surface area contributed by atoms with E-state index in [9.17, 15) is 18.4 Å². The lowest BCUT2D eigenvalue weighted by molar-refractivity contribution is -0.141. The van der Waals surface area contributed by atoms with Gasteiger partial charge in [-0.3, -0.25) is 9.59 Å². The van der Waals surface area contributed by atoms with Crippen molar-refractivity contribution in [2.45, 2.75) is 32.2 Å². The molecule has 0 fully saturated rings. The van der Waals surface area contributed by atoms with Gasteiger partial charge in [0.2, 0.25) is 5.91 Å². The van der Waals surface area contributed by atoms with Gasteiger partial charge in [-0.2, -0.15) is 0 Å². The van der Waals surface area contributed by atoms with Crippen molar-refractivity contribution in [3.63, 3.8) is 0 Å². The summed E-state index contributed by atoms with van der Waals surface area (Å²) >= 11 is 0. The minimum absolute atomic E-state index is 0.0197. The number of nitrogens with one attached hydrogen (secondary N) is 1. The van der Waals surface area contributed by atoms with Crippen molar-refractivity contribution in [2.75, 3.05) is 7.11 Å². The molecule has 0 spiro atoms. The van der Waals surface area contributed by atoms with E-state index in [2.05, 4.69) is 10.1 Å². The predicted molar refractivity (Wildman–Crippen MR) is 68.9 cm³/mol. The zero-order chi connectivity index (χ0) is 15.1. The van der Waals surface area contributed by atoms with Gasteiger partial charge in [0.15, 0.2) is 11.6 Å². The molecule has 20 heavy (non-hydrogen) atoms. The van der Waals surface area contributed by atoms with E-state index >= 15 is 0 Å². The van der Waals surface area contributed by atoms with E-state index in [1.54, 1.807) is 6.92 Å². The van der Waals surface area contributed by atoms with Crippen LogP contribution in [0.15, 0.2) is 18.2 Å². The van der Waals surface area contributed by atoms with Gasteiger partial charge in [0, 0.05) is 12.5 Å². The summed E-state index contributed by atoms with van der Waals surface area (Å²) < 4.78 is 30.8. The molecule has 1 rings (SSSR count). The molecule has 1 amide bonds. The summed E-state index contributed by atoms with van der Waals surface area (Å²) in [6, 6.07) is 3.49. The molecule has 1 N–H and O–H groups in total. The lowest BCUT2D eigenvalue weighted by Gasteiger charge is -2.12. The molecule has 0 radical (unpaired) electrons. The summed E-state index contributed by atoms with van der Waals surface area (Å²) in [7, 11) is 1.27. The van der Waals surface area contributed by atoms with Crippen LogP contribution < -0.4 is 5.32 Å². The Hall–Kier alpha value is -1.98. The molecule has 0 heterocycles. The van der Waals surface area contributed by atoms with Crippen molar-refractivity contribution < 1.29 is 23.1 Å². The molecule has 0 aliphatic carbocycles. The van der Waals surface area contributed by atoms with Crippen molar-refractivity contribution in [3.8, 4) is 0 Å². The Morgan fingerprint density at radius 1 is 1.35 bits per heavy atom. The largest absolute Gasteiger partial charge is 0.469 e. The van der Waals surface area contributed by atoms with Crippen LogP contribution >= 0.6 is 0 Å². The van der Waals surface area contributed by atoms with E-state index in [-0.39, 0.29) is 36.8 Å². The van der Waals surface area contributed by atoms with E-state index in [0.29, 0.717) is 0 Å². The lowest BCUT2D eigenvalue weighted by Crippen LogP contribution is -2.34. The Bertz CT molecular complexity index is 491. The number of rotatable bonds is 6. The lowest BCUT2D eigenvalue weighted by atomic mass is 10.1. The third kappa shape index (κ3) is 4.95. The van der Waals surface area contributed by atoms with Crippen LogP contribution in [0.1, 0.15) is 25.3 Å². The Morgan fingerprint density at radius 3 is 2.70 bits per heavy atom. The summed E-state index contributed by atoms with van der Waals surface area (Å²) in [5.41, 5.74) is 0.153. The number of carbonyl (C=O) groups excluding carboxylic acids is 2. The number of hydrogen-bond donors (Lipinski definition) is 1. The van der Waals surface area contributed by atoms with E-state index in [4.69, 9.17) is 0 Å². The molecule has 1 aromatic carbocycles. The van der Waals surface area contributed by atoms with Gasteiger partial charge in [0.25, 0.3) is 0 Å². The van der Waals surface area contributed by atoms with Crippen LogP contribution in [0.3, 0.4) is 0 Å². The van der Waals surface area contributed by atoms with E-state index in [1.165, 1.54) is 19.2 Å². The van der Waals surface area contributed by atoms with Crippen molar-refractivity contribution in [3.05, 3.63) is 35.4 Å². The fourth-order valence-corrected chi connectivity index (χ4v) is 1.72. The van der Waals surface area contributed by atoms with Crippen molar-refractivity contribution in [1.82, 2.24) is 5.32 Å². The molecule has 0 aliphatic heterocycles. The summed E-state index contributed by atoms with van der Waals surface area (Å²) in [5.74, 6) is -2.61. The topological polar surface area (TPSA) is 55.4 Å². The van der Waals surface area contributed by atoms with Crippen molar-refractivity contribution in [1.29, 1.82) is 0 Å². The minimum Gasteiger partial charge on any atom is -0.469 e. The van der Waals surface area contributed by atoms with Crippen LogP contribution in [0.5, 0.6) is 0 Å². The van der Waals surface area contributed by atoms with Gasteiger partial charge in [-0.15, -0.1) is 0 Å². The zero-order valence-corrected chi connectivity index (χ0v) is 11.4. The second kappa shape index (κ2) is 7.57. The second-order valence-electron chi connectivity index (χ2n) is 4.46. The third-order valence-electron chi connectivity index (χ3n) is 2.76. The molecule has 6 heteroatoms. The van der Waals surface area contributed by atoms with Gasteiger partial charge in [-0.1, -0.05) is 12.1 Å². The van der Waals surface area contributed by atoms with Gasteiger partial charge in [0.1, 0.15) is 0 Å². The number of halogens is 2. The number of carbonyl (C=O) groups is 2.